The largest absolute Gasteiger partial charge is 0.465 e. The summed E-state index contributed by atoms with van der Waals surface area (Å²) in [5.41, 5.74) is 0.463. The number of hydrogen-bond donors (Lipinski definition) is 2. The van der Waals surface area contributed by atoms with Crippen LogP contribution in [0.3, 0.4) is 0 Å². The molecule has 1 aliphatic heterocycles. The van der Waals surface area contributed by atoms with Crippen LogP contribution in [0.1, 0.15) is 43.4 Å². The van der Waals surface area contributed by atoms with E-state index in [0.717, 1.165) is 5.56 Å². The Bertz CT molecular complexity index is 816. The van der Waals surface area contributed by atoms with Gasteiger partial charge in [0.15, 0.2) is 0 Å². The van der Waals surface area contributed by atoms with E-state index in [9.17, 15) is 15.0 Å². The van der Waals surface area contributed by atoms with Crippen LogP contribution in [-0.4, -0.2) is 39.3 Å². The highest BCUT2D eigenvalue weighted by atomic mass is 35.5. The van der Waals surface area contributed by atoms with Crippen LogP contribution in [0, 0.1) is 5.41 Å². The maximum atomic E-state index is 11.9. The molecule has 2 N–H and O–H groups in total. The monoisotopic (exact) mass is 374 g/mol. The molecule has 5 nitrogen and oxygen atoms in total. The molecule has 1 saturated heterocycles. The number of pyridine rings is 1. The number of aromatic nitrogens is 1. The SMILES string of the molecule is CC(C)c1ccc(C(O)(c2ccnc(Cl)c2)C2(C)CN(C(=O)O)C2)cc1. The number of benzene rings is 1. The second-order valence-corrected chi connectivity index (χ2v) is 7.94. The van der Waals surface area contributed by atoms with Crippen LogP contribution in [0.4, 0.5) is 4.79 Å². The van der Waals surface area contributed by atoms with Crippen LogP contribution in [0.25, 0.3) is 0 Å². The number of halogens is 1. The summed E-state index contributed by atoms with van der Waals surface area (Å²) in [4.78, 5) is 16.6. The van der Waals surface area contributed by atoms with Gasteiger partial charge in [0.1, 0.15) is 10.8 Å². The number of aliphatic hydroxyl groups is 1. The average Bonchev–Trinajstić information content (AvgIpc) is 2.58. The topological polar surface area (TPSA) is 73.7 Å². The predicted molar refractivity (Wildman–Crippen MR) is 100 cm³/mol. The van der Waals surface area contributed by atoms with Crippen molar-refractivity contribution < 1.29 is 15.0 Å². The molecule has 0 radical (unpaired) electrons. The van der Waals surface area contributed by atoms with Crippen LogP contribution < -0.4 is 0 Å². The molecule has 26 heavy (non-hydrogen) atoms. The zero-order chi connectivity index (χ0) is 19.1. The lowest BCUT2D eigenvalue weighted by molar-refractivity contribution is -0.124. The maximum absolute atomic E-state index is 11.9. The number of nitrogens with zero attached hydrogens (tertiary/aromatic N) is 2. The summed E-state index contributed by atoms with van der Waals surface area (Å²) < 4.78 is 0. The van der Waals surface area contributed by atoms with Crippen molar-refractivity contribution in [3.8, 4) is 0 Å². The molecule has 0 aliphatic carbocycles. The van der Waals surface area contributed by atoms with Gasteiger partial charge in [0.25, 0.3) is 0 Å². The van der Waals surface area contributed by atoms with Gasteiger partial charge in [-0.2, -0.15) is 0 Å². The minimum absolute atomic E-state index is 0.241. The molecule has 0 saturated carbocycles. The van der Waals surface area contributed by atoms with Crippen LogP contribution in [0.2, 0.25) is 5.15 Å². The van der Waals surface area contributed by atoms with Crippen molar-refractivity contribution in [3.05, 3.63) is 64.4 Å². The molecule has 6 heteroatoms. The zero-order valence-electron chi connectivity index (χ0n) is 15.1. The Kier molecular flexibility index (Phi) is 4.71. The maximum Gasteiger partial charge on any atom is 0.407 e. The van der Waals surface area contributed by atoms with Crippen molar-refractivity contribution in [1.82, 2.24) is 9.88 Å². The average molecular weight is 375 g/mol. The number of likely N-dealkylation sites (tertiary alicyclic amines) is 1. The van der Waals surface area contributed by atoms with E-state index in [1.807, 2.05) is 31.2 Å². The first-order chi connectivity index (χ1) is 12.2. The van der Waals surface area contributed by atoms with Gasteiger partial charge in [-0.25, -0.2) is 9.78 Å². The predicted octanol–water partition coefficient (Wildman–Crippen LogP) is 4.09. The van der Waals surface area contributed by atoms with Crippen LogP contribution in [0.15, 0.2) is 42.6 Å². The summed E-state index contributed by atoms with van der Waals surface area (Å²) >= 11 is 6.07. The van der Waals surface area contributed by atoms with Gasteiger partial charge in [-0.15, -0.1) is 0 Å². The van der Waals surface area contributed by atoms with Crippen molar-refractivity contribution in [1.29, 1.82) is 0 Å². The fourth-order valence-electron chi connectivity index (χ4n) is 3.76. The van der Waals surface area contributed by atoms with Gasteiger partial charge in [-0.3, -0.25) is 0 Å². The van der Waals surface area contributed by atoms with Gasteiger partial charge in [0.05, 0.1) is 0 Å². The summed E-state index contributed by atoms with van der Waals surface area (Å²) in [5.74, 6) is 0.384. The molecule has 1 amide bonds. The molecule has 1 atom stereocenters. The number of rotatable bonds is 4. The molecule has 1 aliphatic rings. The molecular weight excluding hydrogens is 352 g/mol. The van der Waals surface area contributed by atoms with Gasteiger partial charge in [-0.05, 0) is 34.7 Å². The van der Waals surface area contributed by atoms with E-state index >= 15 is 0 Å². The Hall–Kier alpha value is -2.11. The Balaban J connectivity index is 2.09. The van der Waals surface area contributed by atoms with E-state index < -0.39 is 17.1 Å². The molecule has 3 rings (SSSR count). The number of carbonyl (C=O) groups is 1. The lowest BCUT2D eigenvalue weighted by Gasteiger charge is -2.55. The molecule has 2 aromatic rings. The number of carboxylic acid groups (broad SMARTS) is 1. The third-order valence-electron chi connectivity index (χ3n) is 5.36. The van der Waals surface area contributed by atoms with Crippen molar-refractivity contribution in [2.24, 2.45) is 5.41 Å². The lowest BCUT2D eigenvalue weighted by Crippen LogP contribution is -2.66. The fraction of sp³-hybridized carbons (Fsp3) is 0.400. The second kappa shape index (κ2) is 6.56. The molecule has 1 unspecified atom stereocenters. The Morgan fingerprint density at radius 2 is 1.85 bits per heavy atom. The minimum Gasteiger partial charge on any atom is -0.465 e. The first kappa shape index (κ1) is 18.7. The number of hydrogen-bond acceptors (Lipinski definition) is 3. The van der Waals surface area contributed by atoms with Crippen LogP contribution in [0.5, 0.6) is 0 Å². The Morgan fingerprint density at radius 1 is 1.23 bits per heavy atom. The molecule has 1 aromatic carbocycles. The fourth-order valence-corrected chi connectivity index (χ4v) is 3.93. The zero-order valence-corrected chi connectivity index (χ0v) is 15.9. The van der Waals surface area contributed by atoms with Gasteiger partial charge in [0, 0.05) is 24.7 Å². The normalized spacial score (nSPS) is 18.3. The summed E-state index contributed by atoms with van der Waals surface area (Å²) in [5, 5.41) is 21.4. The smallest absolute Gasteiger partial charge is 0.407 e. The summed E-state index contributed by atoms with van der Waals surface area (Å²) in [6, 6.07) is 11.2. The molecular formula is C20H23ClN2O3. The molecule has 0 bridgehead atoms. The lowest BCUT2D eigenvalue weighted by atomic mass is 9.62. The van der Waals surface area contributed by atoms with Crippen molar-refractivity contribution in [2.75, 3.05) is 13.1 Å². The first-order valence-electron chi connectivity index (χ1n) is 8.60. The quantitative estimate of drug-likeness (QED) is 0.790. The van der Waals surface area contributed by atoms with E-state index in [1.165, 1.54) is 10.5 Å². The van der Waals surface area contributed by atoms with E-state index in [1.54, 1.807) is 18.3 Å². The van der Waals surface area contributed by atoms with Gasteiger partial charge in [0.2, 0.25) is 0 Å². The Morgan fingerprint density at radius 3 is 2.35 bits per heavy atom. The van der Waals surface area contributed by atoms with Crippen LogP contribution in [-0.2, 0) is 5.60 Å². The van der Waals surface area contributed by atoms with Crippen molar-refractivity contribution in [2.45, 2.75) is 32.3 Å². The highest BCUT2D eigenvalue weighted by Gasteiger charge is 2.57. The van der Waals surface area contributed by atoms with Crippen LogP contribution >= 0.6 is 11.6 Å². The summed E-state index contributed by atoms with van der Waals surface area (Å²) in [7, 11) is 0. The van der Waals surface area contributed by atoms with E-state index in [4.69, 9.17) is 11.6 Å². The minimum atomic E-state index is -1.37. The van der Waals surface area contributed by atoms with Crippen molar-refractivity contribution in [3.63, 3.8) is 0 Å². The second-order valence-electron chi connectivity index (χ2n) is 7.55. The van der Waals surface area contributed by atoms with E-state index in [-0.39, 0.29) is 18.2 Å². The molecule has 1 aromatic heterocycles. The standard InChI is InChI=1S/C20H23ClN2O3/c1-13(2)14-4-6-15(7-5-14)20(26,16-8-9-22-17(21)10-16)19(3)11-23(12-19)18(24)25/h4-10,13,26H,11-12H2,1-3H3,(H,24,25). The molecule has 1 fully saturated rings. The highest BCUT2D eigenvalue weighted by Crippen LogP contribution is 2.50. The third-order valence-corrected chi connectivity index (χ3v) is 5.57. The Labute approximate surface area is 158 Å². The van der Waals surface area contributed by atoms with E-state index in [0.29, 0.717) is 11.5 Å². The van der Waals surface area contributed by atoms with Gasteiger partial charge in [-0.1, -0.05) is 56.6 Å². The number of amides is 1. The molecule has 2 heterocycles. The molecule has 0 spiro atoms. The summed E-state index contributed by atoms with van der Waals surface area (Å²) in [6.07, 6.45) is 0.579. The van der Waals surface area contributed by atoms with Gasteiger partial charge >= 0.3 is 6.09 Å². The third kappa shape index (κ3) is 2.95. The first-order valence-corrected chi connectivity index (χ1v) is 8.98. The van der Waals surface area contributed by atoms with Crippen molar-refractivity contribution >= 4 is 17.7 Å². The molecule has 138 valence electrons. The van der Waals surface area contributed by atoms with Gasteiger partial charge < -0.3 is 15.1 Å². The summed E-state index contributed by atoms with van der Waals surface area (Å²) in [6.45, 7) is 6.61. The highest BCUT2D eigenvalue weighted by molar-refractivity contribution is 6.29. The van der Waals surface area contributed by atoms with E-state index in [2.05, 4.69) is 18.8 Å².